The van der Waals surface area contributed by atoms with Crippen molar-refractivity contribution in [3.63, 3.8) is 0 Å². The molecule has 0 N–H and O–H groups in total. The second-order valence-corrected chi connectivity index (χ2v) is 17.8. The van der Waals surface area contributed by atoms with Gasteiger partial charge in [0.2, 0.25) is 0 Å². The quantitative estimate of drug-likeness (QED) is 0.150. The van der Waals surface area contributed by atoms with E-state index in [0.717, 1.165) is 71.7 Å². The summed E-state index contributed by atoms with van der Waals surface area (Å²) in [6, 6.07) is 81.0. The van der Waals surface area contributed by atoms with Gasteiger partial charge in [-0.25, -0.2) is 0 Å². The van der Waals surface area contributed by atoms with E-state index in [1.807, 2.05) is 11.3 Å². The van der Waals surface area contributed by atoms with Crippen LogP contribution in [-0.4, -0.2) is 0 Å². The first-order valence-electron chi connectivity index (χ1n) is 21.8. The number of benzene rings is 10. The summed E-state index contributed by atoms with van der Waals surface area (Å²) in [5.41, 5.74) is 16.4. The monoisotopic (exact) mass is 834 g/mol. The maximum absolute atomic E-state index is 7.10. The van der Waals surface area contributed by atoms with Gasteiger partial charge < -0.3 is 8.83 Å². The Morgan fingerprint density at radius 2 is 0.953 bits per heavy atom. The zero-order valence-electron chi connectivity index (χ0n) is 34.7. The summed E-state index contributed by atoms with van der Waals surface area (Å²) in [6.07, 6.45) is 0. The maximum atomic E-state index is 7.10. The molecule has 300 valence electrons. The molecule has 13 rings (SSSR count). The summed E-state index contributed by atoms with van der Waals surface area (Å²) >= 11 is 1.87. The number of furan rings is 2. The Kier molecular flexibility index (Phi) is 8.50. The van der Waals surface area contributed by atoms with Crippen molar-refractivity contribution in [2.24, 2.45) is 0 Å². The Morgan fingerprint density at radius 1 is 0.312 bits per heavy atom. The molecule has 0 amide bonds. The molecule has 0 bridgehead atoms. The number of rotatable bonds is 7. The van der Waals surface area contributed by atoms with E-state index in [4.69, 9.17) is 8.83 Å². The molecule has 3 heterocycles. The van der Waals surface area contributed by atoms with Gasteiger partial charge in [-0.1, -0.05) is 182 Å². The van der Waals surface area contributed by atoms with Crippen LogP contribution in [0.1, 0.15) is 22.6 Å². The van der Waals surface area contributed by atoms with Gasteiger partial charge in [0.1, 0.15) is 22.3 Å². The lowest BCUT2D eigenvalue weighted by Crippen LogP contribution is -2.05. The standard InChI is InChI=1S/C61H38O2S/c1-5-16-38(17-6-1)42-28-30-48-54(36-42)63-61-45(40-20-9-3-10-21-40)31-32-49(59(48)61)57(50-26-15-25-47-46-24-13-14-27-53(46)62-60(47)50)43-29-33-55-52(34-43)58-51(41-22-11-4-12-23-41)35-44(37-56(58)64-55)39-18-7-2-8-19-39/h1-37,57H. The lowest BCUT2D eigenvalue weighted by Gasteiger charge is -2.21. The molecule has 0 saturated carbocycles. The summed E-state index contributed by atoms with van der Waals surface area (Å²) in [7, 11) is 0. The van der Waals surface area contributed by atoms with Crippen molar-refractivity contribution in [3.05, 3.63) is 241 Å². The number of hydrogen-bond donors (Lipinski definition) is 0. The first kappa shape index (κ1) is 36.7. The maximum Gasteiger partial charge on any atom is 0.143 e. The van der Waals surface area contributed by atoms with Gasteiger partial charge >= 0.3 is 0 Å². The molecule has 2 nitrogen and oxygen atoms in total. The predicted molar refractivity (Wildman–Crippen MR) is 269 cm³/mol. The average molecular weight is 835 g/mol. The van der Waals surface area contributed by atoms with Crippen LogP contribution in [0, 0.1) is 0 Å². The molecule has 0 fully saturated rings. The molecule has 3 heteroatoms. The molecular weight excluding hydrogens is 797 g/mol. The van der Waals surface area contributed by atoms with E-state index in [9.17, 15) is 0 Å². The number of hydrogen-bond acceptors (Lipinski definition) is 3. The normalized spacial score (nSPS) is 12.3. The highest BCUT2D eigenvalue weighted by atomic mass is 32.1. The highest BCUT2D eigenvalue weighted by Gasteiger charge is 2.28. The van der Waals surface area contributed by atoms with E-state index < -0.39 is 0 Å². The summed E-state index contributed by atoms with van der Waals surface area (Å²) in [5.74, 6) is -0.214. The van der Waals surface area contributed by atoms with Gasteiger partial charge in [0.05, 0.1) is 0 Å². The van der Waals surface area contributed by atoms with E-state index in [1.54, 1.807) is 0 Å². The van der Waals surface area contributed by atoms with Crippen LogP contribution in [0.5, 0.6) is 0 Å². The van der Waals surface area contributed by atoms with Crippen molar-refractivity contribution in [2.45, 2.75) is 5.92 Å². The van der Waals surface area contributed by atoms with Gasteiger partial charge in [-0.05, 0) is 92.5 Å². The molecule has 0 saturated heterocycles. The van der Waals surface area contributed by atoms with E-state index in [2.05, 4.69) is 224 Å². The molecule has 1 atom stereocenters. The largest absolute Gasteiger partial charge is 0.456 e. The summed E-state index contributed by atoms with van der Waals surface area (Å²) in [5, 5.41) is 6.96. The van der Waals surface area contributed by atoms with Crippen LogP contribution in [0.2, 0.25) is 0 Å². The predicted octanol–water partition coefficient (Wildman–Crippen LogP) is 17.7. The van der Waals surface area contributed by atoms with Crippen molar-refractivity contribution >= 4 is 75.4 Å². The van der Waals surface area contributed by atoms with Crippen LogP contribution < -0.4 is 0 Å². The molecule has 0 aliphatic rings. The van der Waals surface area contributed by atoms with Crippen LogP contribution in [0.4, 0.5) is 0 Å². The lowest BCUT2D eigenvalue weighted by atomic mass is 9.81. The molecule has 10 aromatic carbocycles. The van der Waals surface area contributed by atoms with E-state index in [-0.39, 0.29) is 5.92 Å². The SMILES string of the molecule is c1ccc(-c2ccc3c(c2)oc2c(-c4ccccc4)ccc(C(c4ccc5sc6cc(-c7ccccc7)cc(-c7ccccc7)c6c5c4)c4cccc5c4oc4ccccc45)c23)cc1. The Bertz CT molecular complexity index is 3880. The van der Waals surface area contributed by atoms with Crippen LogP contribution in [0.3, 0.4) is 0 Å². The summed E-state index contributed by atoms with van der Waals surface area (Å²) in [4.78, 5) is 0. The molecule has 1 unspecified atom stereocenters. The van der Waals surface area contributed by atoms with Crippen molar-refractivity contribution in [1.82, 2.24) is 0 Å². The number of para-hydroxylation sites is 2. The van der Waals surface area contributed by atoms with Gasteiger partial charge in [0.15, 0.2) is 0 Å². The zero-order chi connectivity index (χ0) is 42.1. The third-order valence-electron chi connectivity index (χ3n) is 13.0. The molecule has 0 spiro atoms. The van der Waals surface area contributed by atoms with Crippen molar-refractivity contribution in [2.75, 3.05) is 0 Å². The number of thiophene rings is 1. The van der Waals surface area contributed by atoms with Crippen molar-refractivity contribution in [3.8, 4) is 44.5 Å². The second-order valence-electron chi connectivity index (χ2n) is 16.7. The number of fused-ring (bicyclic) bond motifs is 9. The first-order valence-corrected chi connectivity index (χ1v) is 22.7. The molecule has 0 aliphatic carbocycles. The first-order chi connectivity index (χ1) is 31.7. The van der Waals surface area contributed by atoms with Gasteiger partial charge in [-0.2, -0.15) is 0 Å². The zero-order valence-corrected chi connectivity index (χ0v) is 35.5. The lowest BCUT2D eigenvalue weighted by molar-refractivity contribution is 0.660. The average Bonchev–Trinajstić information content (AvgIpc) is 4.07. The molecule has 13 aromatic rings. The molecular formula is C61H38O2S. The third kappa shape index (κ3) is 5.93. The fourth-order valence-corrected chi connectivity index (χ4v) is 11.2. The molecule has 3 aromatic heterocycles. The minimum atomic E-state index is -0.214. The van der Waals surface area contributed by atoms with Crippen molar-refractivity contribution in [1.29, 1.82) is 0 Å². The Hall–Kier alpha value is -7.98. The second kappa shape index (κ2) is 14.8. The Labute approximate surface area is 373 Å². The van der Waals surface area contributed by atoms with Crippen LogP contribution in [-0.2, 0) is 0 Å². The fourth-order valence-electron chi connectivity index (χ4n) is 10.1. The third-order valence-corrected chi connectivity index (χ3v) is 14.1. The smallest absolute Gasteiger partial charge is 0.143 e. The van der Waals surface area contributed by atoms with Crippen LogP contribution >= 0.6 is 11.3 Å². The van der Waals surface area contributed by atoms with Gasteiger partial charge in [-0.15, -0.1) is 11.3 Å². The Morgan fingerprint density at radius 3 is 1.70 bits per heavy atom. The van der Waals surface area contributed by atoms with Gasteiger partial charge in [0.25, 0.3) is 0 Å². The summed E-state index contributed by atoms with van der Waals surface area (Å²) < 4.78 is 16.5. The van der Waals surface area contributed by atoms with Crippen LogP contribution in [0.25, 0.3) is 109 Å². The minimum Gasteiger partial charge on any atom is -0.456 e. The highest BCUT2D eigenvalue weighted by molar-refractivity contribution is 7.26. The molecule has 0 radical (unpaired) electrons. The van der Waals surface area contributed by atoms with Crippen LogP contribution in [0.15, 0.2) is 233 Å². The van der Waals surface area contributed by atoms with E-state index >= 15 is 0 Å². The molecule has 64 heavy (non-hydrogen) atoms. The summed E-state index contributed by atoms with van der Waals surface area (Å²) in [6.45, 7) is 0. The molecule has 0 aliphatic heterocycles. The van der Waals surface area contributed by atoms with Gasteiger partial charge in [-0.3, -0.25) is 0 Å². The minimum absolute atomic E-state index is 0.214. The van der Waals surface area contributed by atoms with Crippen molar-refractivity contribution < 1.29 is 8.83 Å². The topological polar surface area (TPSA) is 26.3 Å². The fraction of sp³-hybridized carbons (Fsp3) is 0.0164. The highest BCUT2D eigenvalue weighted by Crippen LogP contribution is 2.49. The van der Waals surface area contributed by atoms with E-state index in [1.165, 1.54) is 53.6 Å². The van der Waals surface area contributed by atoms with Gasteiger partial charge in [0, 0.05) is 58.8 Å². The van der Waals surface area contributed by atoms with E-state index in [0.29, 0.717) is 0 Å². The Balaban J connectivity index is 1.12.